The van der Waals surface area contributed by atoms with Crippen LogP contribution in [0.1, 0.15) is 90.4 Å². The van der Waals surface area contributed by atoms with Gasteiger partial charge in [-0.05, 0) is 12.8 Å². The van der Waals surface area contributed by atoms with Crippen molar-refractivity contribution in [1.82, 2.24) is 0 Å². The Kier molecular flexibility index (Phi) is 16.7. The molecule has 0 heterocycles. The third-order valence-corrected chi connectivity index (χ3v) is 4.21. The van der Waals surface area contributed by atoms with E-state index in [-0.39, 0.29) is 6.61 Å². The van der Waals surface area contributed by atoms with Gasteiger partial charge in [0.2, 0.25) is 0 Å². The molecule has 4 N–H and O–H groups in total. The Labute approximate surface area is 138 Å². The first-order valence-corrected chi connectivity index (χ1v) is 9.43. The quantitative estimate of drug-likeness (QED) is 0.294. The molecule has 22 heavy (non-hydrogen) atoms. The Bertz CT molecular complexity index is 244. The molecule has 0 aromatic carbocycles. The summed E-state index contributed by atoms with van der Waals surface area (Å²) in [5, 5.41) is 18.3. The van der Waals surface area contributed by atoms with E-state index in [1.54, 1.807) is 6.08 Å². The molecular weight excluding hydrogens is 274 g/mol. The molecule has 0 bridgehead atoms. The molecule has 0 saturated heterocycles. The maximum absolute atomic E-state index is 9.54. The van der Waals surface area contributed by atoms with Crippen LogP contribution < -0.4 is 5.73 Å². The maximum atomic E-state index is 9.54. The minimum absolute atomic E-state index is 0.176. The summed E-state index contributed by atoms with van der Waals surface area (Å²) in [6, 6.07) is -0.557. The average molecular weight is 314 g/mol. The number of hydrogen-bond acceptors (Lipinski definition) is 3. The van der Waals surface area contributed by atoms with Crippen LogP contribution in [0, 0.1) is 0 Å². The summed E-state index contributed by atoms with van der Waals surface area (Å²) in [6.45, 7) is 2.09. The molecule has 0 radical (unpaired) electrons. The van der Waals surface area contributed by atoms with Gasteiger partial charge in [0.1, 0.15) is 0 Å². The van der Waals surface area contributed by atoms with Crippen molar-refractivity contribution in [3.05, 3.63) is 12.2 Å². The van der Waals surface area contributed by atoms with Crippen molar-refractivity contribution < 1.29 is 10.2 Å². The van der Waals surface area contributed by atoms with Crippen molar-refractivity contribution in [3.8, 4) is 0 Å². The number of unbranched alkanes of at least 4 members (excludes halogenated alkanes) is 12. The number of hydrogen-bond donors (Lipinski definition) is 3. The maximum Gasteiger partial charge on any atom is 0.0894 e. The number of rotatable bonds is 16. The second kappa shape index (κ2) is 17.0. The van der Waals surface area contributed by atoms with Gasteiger partial charge in [-0.2, -0.15) is 0 Å². The zero-order chi connectivity index (χ0) is 16.5. The van der Waals surface area contributed by atoms with Gasteiger partial charge in [0.25, 0.3) is 0 Å². The van der Waals surface area contributed by atoms with Crippen LogP contribution in [-0.2, 0) is 0 Å². The average Bonchev–Trinajstić information content (AvgIpc) is 2.54. The summed E-state index contributed by atoms with van der Waals surface area (Å²) < 4.78 is 0. The molecule has 0 aromatic rings. The predicted molar refractivity (Wildman–Crippen MR) is 95.9 cm³/mol. The highest BCUT2D eigenvalue weighted by atomic mass is 16.3. The van der Waals surface area contributed by atoms with Gasteiger partial charge in [-0.1, -0.05) is 89.7 Å². The third kappa shape index (κ3) is 14.6. The summed E-state index contributed by atoms with van der Waals surface area (Å²) >= 11 is 0. The molecule has 2 atom stereocenters. The van der Waals surface area contributed by atoms with E-state index in [2.05, 4.69) is 6.92 Å². The summed E-state index contributed by atoms with van der Waals surface area (Å²) in [7, 11) is 0. The Balaban J connectivity index is 3.19. The summed E-state index contributed by atoms with van der Waals surface area (Å²) in [6.07, 6.45) is 20.3. The van der Waals surface area contributed by atoms with E-state index in [1.165, 1.54) is 77.0 Å². The molecule has 0 saturated carbocycles. The molecule has 0 aliphatic rings. The van der Waals surface area contributed by atoms with Crippen LogP contribution in [0.5, 0.6) is 0 Å². The predicted octanol–water partition coefficient (Wildman–Crippen LogP) is 4.31. The Hall–Kier alpha value is -0.380. The largest absolute Gasteiger partial charge is 0.395 e. The molecule has 0 aliphatic heterocycles. The van der Waals surface area contributed by atoms with Crippen molar-refractivity contribution >= 4 is 0 Å². The number of nitrogens with two attached hydrogens (primary N) is 1. The van der Waals surface area contributed by atoms with Crippen LogP contribution in [0.3, 0.4) is 0 Å². The lowest BCUT2D eigenvalue weighted by molar-refractivity contribution is 0.144. The fourth-order valence-corrected chi connectivity index (χ4v) is 2.59. The Morgan fingerprint density at radius 3 is 1.73 bits per heavy atom. The molecule has 0 rings (SSSR count). The highest BCUT2D eigenvalue weighted by Crippen LogP contribution is 2.12. The monoisotopic (exact) mass is 313 g/mol. The Morgan fingerprint density at radius 2 is 1.27 bits per heavy atom. The summed E-state index contributed by atoms with van der Waals surface area (Å²) in [4.78, 5) is 0. The van der Waals surface area contributed by atoms with Crippen LogP contribution in [0.25, 0.3) is 0 Å². The van der Waals surface area contributed by atoms with Crippen LogP contribution in [0.4, 0.5) is 0 Å². The normalized spacial score (nSPS) is 14.5. The minimum atomic E-state index is -0.720. The molecule has 3 nitrogen and oxygen atoms in total. The molecule has 0 aromatic heterocycles. The van der Waals surface area contributed by atoms with Crippen LogP contribution >= 0.6 is 0 Å². The van der Waals surface area contributed by atoms with Crippen molar-refractivity contribution in [2.75, 3.05) is 6.61 Å². The lowest BCUT2D eigenvalue weighted by Crippen LogP contribution is -2.36. The van der Waals surface area contributed by atoms with E-state index in [0.717, 1.165) is 6.42 Å². The zero-order valence-corrected chi connectivity index (χ0v) is 14.7. The standard InChI is InChI=1S/C19H39NO2/c1-2-3-4-5-6-7-8-9-10-11-12-13-14-15-16-19(22)18(20)17-21/h15-16,18-19,21-22H,2-14,17,20H2,1H3/b16-15+/t18-,19+/m1/s1. The fraction of sp³-hybridized carbons (Fsp3) is 0.895. The van der Waals surface area contributed by atoms with Crippen molar-refractivity contribution in [3.63, 3.8) is 0 Å². The minimum Gasteiger partial charge on any atom is -0.395 e. The topological polar surface area (TPSA) is 66.5 Å². The highest BCUT2D eigenvalue weighted by Gasteiger charge is 2.08. The number of aliphatic hydroxyl groups excluding tert-OH is 2. The van der Waals surface area contributed by atoms with Gasteiger partial charge >= 0.3 is 0 Å². The van der Waals surface area contributed by atoms with E-state index in [0.29, 0.717) is 0 Å². The third-order valence-electron chi connectivity index (χ3n) is 4.21. The van der Waals surface area contributed by atoms with Crippen LogP contribution in [-0.4, -0.2) is 29.0 Å². The smallest absolute Gasteiger partial charge is 0.0894 e. The van der Waals surface area contributed by atoms with Crippen molar-refractivity contribution in [2.45, 2.75) is 103 Å². The second-order valence-corrected chi connectivity index (χ2v) is 6.44. The second-order valence-electron chi connectivity index (χ2n) is 6.44. The summed E-state index contributed by atoms with van der Waals surface area (Å²) in [5.74, 6) is 0. The molecule has 3 heteroatoms. The lowest BCUT2D eigenvalue weighted by Gasteiger charge is -2.11. The molecule has 0 unspecified atom stereocenters. The van der Waals surface area contributed by atoms with Gasteiger partial charge in [0, 0.05) is 0 Å². The molecule has 0 fully saturated rings. The molecule has 132 valence electrons. The molecule has 0 spiro atoms. The van der Waals surface area contributed by atoms with E-state index in [4.69, 9.17) is 10.8 Å². The van der Waals surface area contributed by atoms with Gasteiger partial charge < -0.3 is 15.9 Å². The number of aliphatic hydroxyl groups is 2. The number of allylic oxidation sites excluding steroid dienone is 1. The van der Waals surface area contributed by atoms with E-state index in [9.17, 15) is 5.11 Å². The van der Waals surface area contributed by atoms with Gasteiger partial charge in [-0.25, -0.2) is 0 Å². The molecule has 0 amide bonds. The van der Waals surface area contributed by atoms with E-state index in [1.807, 2.05) is 6.08 Å². The lowest BCUT2D eigenvalue weighted by atomic mass is 10.0. The zero-order valence-electron chi connectivity index (χ0n) is 14.7. The Morgan fingerprint density at radius 1 is 0.818 bits per heavy atom. The summed E-state index contributed by atoms with van der Waals surface area (Å²) in [5.41, 5.74) is 5.52. The van der Waals surface area contributed by atoms with E-state index < -0.39 is 12.1 Å². The van der Waals surface area contributed by atoms with Crippen LogP contribution in [0.2, 0.25) is 0 Å². The van der Waals surface area contributed by atoms with E-state index >= 15 is 0 Å². The molecule has 0 aliphatic carbocycles. The van der Waals surface area contributed by atoms with Gasteiger partial charge in [0.05, 0.1) is 18.8 Å². The van der Waals surface area contributed by atoms with Gasteiger partial charge in [0.15, 0.2) is 0 Å². The highest BCUT2D eigenvalue weighted by molar-refractivity contribution is 4.93. The van der Waals surface area contributed by atoms with Gasteiger partial charge in [-0.15, -0.1) is 0 Å². The first-order chi connectivity index (χ1) is 10.7. The first kappa shape index (κ1) is 21.6. The SMILES string of the molecule is CCCCCCCCCCCCCC/C=C/[C@H](O)[C@H](N)CO. The fourth-order valence-electron chi connectivity index (χ4n) is 2.59. The van der Waals surface area contributed by atoms with Crippen molar-refractivity contribution in [1.29, 1.82) is 0 Å². The molecular formula is C19H39NO2. The van der Waals surface area contributed by atoms with Crippen LogP contribution in [0.15, 0.2) is 12.2 Å². The van der Waals surface area contributed by atoms with Gasteiger partial charge in [-0.3, -0.25) is 0 Å². The van der Waals surface area contributed by atoms with Crippen molar-refractivity contribution in [2.24, 2.45) is 5.73 Å². The first-order valence-electron chi connectivity index (χ1n) is 9.43.